The minimum Gasteiger partial charge on any atom is -0.369 e. The third-order valence-electron chi connectivity index (χ3n) is 5.12. The van der Waals surface area contributed by atoms with Gasteiger partial charge >= 0.3 is 0 Å². The van der Waals surface area contributed by atoms with Crippen LogP contribution in [0.25, 0.3) is 0 Å². The molecule has 1 saturated heterocycles. The van der Waals surface area contributed by atoms with Gasteiger partial charge in [-0.1, -0.05) is 35.9 Å². The van der Waals surface area contributed by atoms with Crippen molar-refractivity contribution < 1.29 is 4.79 Å². The Bertz CT molecular complexity index is 810. The summed E-state index contributed by atoms with van der Waals surface area (Å²) in [6, 6.07) is 18.4. The Morgan fingerprint density at radius 2 is 1.77 bits per heavy atom. The van der Waals surface area contributed by atoms with Crippen LogP contribution in [-0.2, 0) is 0 Å². The second kappa shape index (κ2) is 12.4. The van der Waals surface area contributed by atoms with Crippen molar-refractivity contribution in [2.24, 2.45) is 4.99 Å². The molecule has 1 atom stereocenters. The fourth-order valence-electron chi connectivity index (χ4n) is 3.44. The summed E-state index contributed by atoms with van der Waals surface area (Å²) in [4.78, 5) is 18.8. The van der Waals surface area contributed by atoms with E-state index >= 15 is 0 Å². The minimum absolute atomic E-state index is 0. The number of rotatable bonds is 7. The summed E-state index contributed by atoms with van der Waals surface area (Å²) in [5.41, 5.74) is 3.25. The molecule has 2 aromatic carbocycles. The molecule has 7 heteroatoms. The molecule has 0 aliphatic carbocycles. The van der Waals surface area contributed by atoms with Crippen molar-refractivity contribution in [1.29, 1.82) is 0 Å². The smallest absolute Gasteiger partial charge is 0.251 e. The third-order valence-corrected chi connectivity index (χ3v) is 5.12. The topological polar surface area (TPSA) is 68.8 Å². The second-order valence-electron chi connectivity index (χ2n) is 7.39. The summed E-state index contributed by atoms with van der Waals surface area (Å²) in [5.74, 6) is 0.783. The van der Waals surface area contributed by atoms with E-state index in [0.29, 0.717) is 18.2 Å². The molecule has 1 heterocycles. The van der Waals surface area contributed by atoms with Crippen molar-refractivity contribution in [2.75, 3.05) is 38.1 Å². The SMILES string of the molecule is CN=C(NCCCNC(=O)c1ccccc1)NC1CCN(c2ccc(C)cc2)C1.I. The van der Waals surface area contributed by atoms with Crippen LogP contribution in [0.4, 0.5) is 5.69 Å². The normalized spacial score (nSPS) is 16.0. The number of halogens is 1. The molecule has 3 rings (SSSR count). The standard InChI is InChI=1S/C23H31N5O.HI/c1-18-9-11-21(12-10-18)28-16-13-20(17-28)27-23(24-2)26-15-6-14-25-22(29)19-7-4-3-5-8-19;/h3-5,7-12,20H,6,13-17H2,1-2H3,(H,25,29)(H2,24,26,27);1H. The Morgan fingerprint density at radius 1 is 1.07 bits per heavy atom. The van der Waals surface area contributed by atoms with E-state index in [1.54, 1.807) is 7.05 Å². The molecule has 1 aliphatic rings. The average molecular weight is 521 g/mol. The van der Waals surface area contributed by atoms with Crippen LogP contribution in [0.5, 0.6) is 0 Å². The maximum atomic E-state index is 12.0. The zero-order valence-corrected chi connectivity index (χ0v) is 20.1. The van der Waals surface area contributed by atoms with Gasteiger partial charge in [0.05, 0.1) is 0 Å². The Hall–Kier alpha value is -2.29. The lowest BCUT2D eigenvalue weighted by Crippen LogP contribution is -2.45. The number of hydrogen-bond acceptors (Lipinski definition) is 3. The minimum atomic E-state index is -0.0322. The largest absolute Gasteiger partial charge is 0.369 e. The third kappa shape index (κ3) is 7.19. The average Bonchev–Trinajstić information content (AvgIpc) is 3.22. The highest BCUT2D eigenvalue weighted by molar-refractivity contribution is 14.0. The Morgan fingerprint density at radius 3 is 2.47 bits per heavy atom. The lowest BCUT2D eigenvalue weighted by atomic mass is 10.2. The van der Waals surface area contributed by atoms with Gasteiger partial charge in [-0.3, -0.25) is 9.79 Å². The van der Waals surface area contributed by atoms with Crippen molar-refractivity contribution >= 4 is 41.5 Å². The van der Waals surface area contributed by atoms with Crippen molar-refractivity contribution in [3.63, 3.8) is 0 Å². The van der Waals surface area contributed by atoms with Crippen molar-refractivity contribution in [3.8, 4) is 0 Å². The number of nitrogens with one attached hydrogen (secondary N) is 3. The van der Waals surface area contributed by atoms with E-state index in [0.717, 1.165) is 38.4 Å². The highest BCUT2D eigenvalue weighted by Gasteiger charge is 2.23. The molecule has 1 amide bonds. The Labute approximate surface area is 196 Å². The van der Waals surface area contributed by atoms with Crippen LogP contribution in [-0.4, -0.2) is 51.1 Å². The zero-order chi connectivity index (χ0) is 20.5. The van der Waals surface area contributed by atoms with Crippen LogP contribution >= 0.6 is 24.0 Å². The van der Waals surface area contributed by atoms with E-state index in [4.69, 9.17) is 0 Å². The lowest BCUT2D eigenvalue weighted by molar-refractivity contribution is 0.0953. The Balaban J connectivity index is 0.00000320. The van der Waals surface area contributed by atoms with Gasteiger partial charge < -0.3 is 20.9 Å². The van der Waals surface area contributed by atoms with Gasteiger partial charge in [-0.2, -0.15) is 0 Å². The first-order valence-electron chi connectivity index (χ1n) is 10.3. The number of aryl methyl sites for hydroxylation is 1. The molecule has 0 saturated carbocycles. The van der Waals surface area contributed by atoms with Crippen LogP contribution in [0.2, 0.25) is 0 Å². The van der Waals surface area contributed by atoms with E-state index < -0.39 is 0 Å². The summed E-state index contributed by atoms with van der Waals surface area (Å²) in [5, 5.41) is 9.80. The maximum Gasteiger partial charge on any atom is 0.251 e. The monoisotopic (exact) mass is 521 g/mol. The first-order valence-corrected chi connectivity index (χ1v) is 10.3. The highest BCUT2D eigenvalue weighted by Crippen LogP contribution is 2.20. The molecule has 1 unspecified atom stereocenters. The van der Waals surface area contributed by atoms with Gasteiger partial charge in [0.2, 0.25) is 0 Å². The number of carbonyl (C=O) groups excluding carboxylic acids is 1. The molecule has 0 bridgehead atoms. The molecule has 0 aromatic heterocycles. The zero-order valence-electron chi connectivity index (χ0n) is 17.7. The number of nitrogens with zero attached hydrogens (tertiary/aromatic N) is 2. The number of carbonyl (C=O) groups is 1. The summed E-state index contributed by atoms with van der Waals surface area (Å²) in [6.45, 7) is 5.51. The maximum absolute atomic E-state index is 12.0. The molecule has 2 aromatic rings. The van der Waals surface area contributed by atoms with Gasteiger partial charge in [0.15, 0.2) is 5.96 Å². The molecule has 0 radical (unpaired) electrons. The molecule has 1 aliphatic heterocycles. The van der Waals surface area contributed by atoms with E-state index in [1.165, 1.54) is 11.3 Å². The predicted molar refractivity (Wildman–Crippen MR) is 135 cm³/mol. The molecule has 6 nitrogen and oxygen atoms in total. The first kappa shape index (κ1) is 24.0. The first-order chi connectivity index (χ1) is 14.2. The van der Waals surface area contributed by atoms with E-state index in [-0.39, 0.29) is 29.9 Å². The number of aliphatic imine (C=N–C) groups is 1. The number of amides is 1. The van der Waals surface area contributed by atoms with Crippen LogP contribution in [0, 0.1) is 6.92 Å². The molecular formula is C23H32IN5O. The number of guanidine groups is 1. The highest BCUT2D eigenvalue weighted by atomic mass is 127. The molecule has 3 N–H and O–H groups in total. The van der Waals surface area contributed by atoms with Gasteiger partial charge in [0.25, 0.3) is 5.91 Å². The number of anilines is 1. The van der Waals surface area contributed by atoms with Crippen LogP contribution < -0.4 is 20.9 Å². The second-order valence-corrected chi connectivity index (χ2v) is 7.39. The van der Waals surface area contributed by atoms with Gasteiger partial charge in [-0.15, -0.1) is 24.0 Å². The lowest BCUT2D eigenvalue weighted by Gasteiger charge is -2.20. The molecule has 0 spiro atoms. The van der Waals surface area contributed by atoms with Gasteiger partial charge in [0.1, 0.15) is 0 Å². The van der Waals surface area contributed by atoms with Gasteiger partial charge in [-0.05, 0) is 44.0 Å². The van der Waals surface area contributed by atoms with Crippen LogP contribution in [0.15, 0.2) is 59.6 Å². The van der Waals surface area contributed by atoms with Crippen LogP contribution in [0.3, 0.4) is 0 Å². The van der Waals surface area contributed by atoms with Gasteiger partial charge in [-0.25, -0.2) is 0 Å². The summed E-state index contributed by atoms with van der Waals surface area (Å²) in [7, 11) is 1.79. The molecule has 30 heavy (non-hydrogen) atoms. The van der Waals surface area contributed by atoms with E-state index in [1.807, 2.05) is 30.3 Å². The van der Waals surface area contributed by atoms with E-state index in [2.05, 4.69) is 57.0 Å². The van der Waals surface area contributed by atoms with Crippen molar-refractivity contribution in [1.82, 2.24) is 16.0 Å². The predicted octanol–water partition coefficient (Wildman–Crippen LogP) is 3.18. The number of hydrogen-bond donors (Lipinski definition) is 3. The van der Waals surface area contributed by atoms with E-state index in [9.17, 15) is 4.79 Å². The summed E-state index contributed by atoms with van der Waals surface area (Å²) >= 11 is 0. The van der Waals surface area contributed by atoms with Crippen molar-refractivity contribution in [2.45, 2.75) is 25.8 Å². The fourth-order valence-corrected chi connectivity index (χ4v) is 3.44. The number of benzene rings is 2. The molecule has 162 valence electrons. The van der Waals surface area contributed by atoms with Crippen LogP contribution in [0.1, 0.15) is 28.8 Å². The van der Waals surface area contributed by atoms with Crippen molar-refractivity contribution in [3.05, 3.63) is 65.7 Å². The Kier molecular flexibility index (Phi) is 9.93. The summed E-state index contributed by atoms with van der Waals surface area (Å²) < 4.78 is 0. The summed E-state index contributed by atoms with van der Waals surface area (Å²) in [6.07, 6.45) is 1.92. The fraction of sp³-hybridized carbons (Fsp3) is 0.391. The molecule has 1 fully saturated rings. The quantitative estimate of drug-likeness (QED) is 0.227. The molecular weight excluding hydrogens is 489 g/mol. The van der Waals surface area contributed by atoms with Gasteiger partial charge in [0, 0.05) is 50.5 Å².